The molecule has 2 aliphatic heterocycles. The van der Waals surface area contributed by atoms with E-state index in [9.17, 15) is 33.0 Å². The summed E-state index contributed by atoms with van der Waals surface area (Å²) in [5, 5.41) is 22.5. The van der Waals surface area contributed by atoms with Gasteiger partial charge in [-0.1, -0.05) is 24.3 Å². The highest BCUT2D eigenvalue weighted by molar-refractivity contribution is 7.90. The highest BCUT2D eigenvalue weighted by Crippen LogP contribution is 2.49. The summed E-state index contributed by atoms with van der Waals surface area (Å²) in [4.78, 5) is 38.8. The van der Waals surface area contributed by atoms with E-state index in [1.807, 2.05) is 0 Å². The van der Waals surface area contributed by atoms with Gasteiger partial charge in [0.2, 0.25) is 11.8 Å². The molecule has 0 radical (unpaired) electrons. The van der Waals surface area contributed by atoms with Gasteiger partial charge in [-0.15, -0.1) is 0 Å². The fourth-order valence-corrected chi connectivity index (χ4v) is 4.67. The minimum atomic E-state index is -3.43. The third kappa shape index (κ3) is 3.11. The first-order valence-corrected chi connectivity index (χ1v) is 10.8. The van der Waals surface area contributed by atoms with Gasteiger partial charge in [-0.3, -0.25) is 24.6 Å². The molecule has 0 aromatic heterocycles. The van der Waals surface area contributed by atoms with E-state index in [1.54, 1.807) is 31.2 Å². The van der Waals surface area contributed by atoms with Crippen molar-refractivity contribution in [3.8, 4) is 0 Å². The second-order valence-electron chi connectivity index (χ2n) is 7.37. The molecular formula is C18H22N2O7S. The van der Waals surface area contributed by atoms with Gasteiger partial charge in [-0.2, -0.15) is 0 Å². The van der Waals surface area contributed by atoms with Gasteiger partial charge in [0.15, 0.2) is 5.54 Å². The Morgan fingerprint density at radius 2 is 1.89 bits per heavy atom. The van der Waals surface area contributed by atoms with E-state index >= 15 is 0 Å². The lowest BCUT2D eigenvalue weighted by molar-refractivity contribution is -0.153. The van der Waals surface area contributed by atoms with Crippen molar-refractivity contribution < 1.29 is 33.0 Å². The number of carbonyl (C=O) groups is 3. The van der Waals surface area contributed by atoms with Crippen LogP contribution in [0, 0.1) is 18.8 Å². The number of likely N-dealkylation sites (tertiary alicyclic amines) is 1. The van der Waals surface area contributed by atoms with Crippen LogP contribution in [0.5, 0.6) is 0 Å². The molecule has 4 unspecified atom stereocenters. The quantitative estimate of drug-likeness (QED) is 0.513. The average Bonchev–Trinajstić information content (AvgIpc) is 3.08. The van der Waals surface area contributed by atoms with Crippen LogP contribution < -0.4 is 5.32 Å². The fourth-order valence-electron chi connectivity index (χ4n) is 4.15. The van der Waals surface area contributed by atoms with Crippen LogP contribution in [0.3, 0.4) is 0 Å². The lowest BCUT2D eigenvalue weighted by atomic mass is 9.79. The fraction of sp³-hybridized carbons (Fsp3) is 0.500. The van der Waals surface area contributed by atoms with Gasteiger partial charge in [0.25, 0.3) is 0 Å². The Kier molecular flexibility index (Phi) is 5.07. The number of aliphatic hydroxyl groups is 1. The Morgan fingerprint density at radius 1 is 1.25 bits per heavy atom. The second kappa shape index (κ2) is 6.94. The number of rotatable bonds is 6. The van der Waals surface area contributed by atoms with E-state index in [0.717, 1.165) is 16.7 Å². The Balaban J connectivity index is 2.08. The Morgan fingerprint density at radius 3 is 2.43 bits per heavy atom. The lowest BCUT2D eigenvalue weighted by Crippen LogP contribution is -2.58. The van der Waals surface area contributed by atoms with Crippen LogP contribution in [0.2, 0.25) is 0 Å². The first kappa shape index (κ1) is 20.4. The van der Waals surface area contributed by atoms with Gasteiger partial charge < -0.3 is 10.2 Å². The van der Waals surface area contributed by atoms with E-state index in [4.69, 9.17) is 0 Å². The Bertz CT molecular complexity index is 945. The molecule has 2 amide bonds. The molecule has 1 aromatic rings. The highest BCUT2D eigenvalue weighted by Gasteiger charge is 2.68. The van der Waals surface area contributed by atoms with Crippen molar-refractivity contribution in [3.05, 3.63) is 35.4 Å². The van der Waals surface area contributed by atoms with Crippen molar-refractivity contribution in [1.29, 1.82) is 0 Å². The van der Waals surface area contributed by atoms with E-state index in [2.05, 4.69) is 5.32 Å². The lowest BCUT2D eigenvalue weighted by Gasteiger charge is -2.29. The van der Waals surface area contributed by atoms with E-state index in [-0.39, 0.29) is 6.54 Å². The third-order valence-corrected chi connectivity index (χ3v) is 6.51. The van der Waals surface area contributed by atoms with Gasteiger partial charge in [0.05, 0.1) is 24.2 Å². The number of hydrogen-bond donors (Lipinski definition) is 3. The number of fused-ring (bicyclic) bond motifs is 1. The summed E-state index contributed by atoms with van der Waals surface area (Å²) >= 11 is 0. The van der Waals surface area contributed by atoms with Crippen molar-refractivity contribution in [3.63, 3.8) is 0 Å². The van der Waals surface area contributed by atoms with E-state index in [0.29, 0.717) is 5.56 Å². The maximum atomic E-state index is 13.0. The number of nitrogens with zero attached hydrogens (tertiary/aromatic N) is 1. The van der Waals surface area contributed by atoms with Crippen molar-refractivity contribution in [2.24, 2.45) is 11.8 Å². The molecule has 152 valence electrons. The van der Waals surface area contributed by atoms with Gasteiger partial charge >= 0.3 is 5.97 Å². The molecule has 2 heterocycles. The largest absolute Gasteiger partial charge is 0.480 e. The topological polar surface area (TPSA) is 141 Å². The van der Waals surface area contributed by atoms with Crippen molar-refractivity contribution in [2.45, 2.75) is 18.5 Å². The second-order valence-corrected chi connectivity index (χ2v) is 9.63. The maximum absolute atomic E-state index is 13.0. The molecule has 2 fully saturated rings. The number of aryl methyl sites for hydroxylation is 1. The van der Waals surface area contributed by atoms with Crippen LogP contribution in [0.4, 0.5) is 0 Å². The summed E-state index contributed by atoms with van der Waals surface area (Å²) in [5.74, 6) is -5.63. The zero-order valence-corrected chi connectivity index (χ0v) is 16.3. The number of benzene rings is 1. The van der Waals surface area contributed by atoms with Gasteiger partial charge in [-0.05, 0) is 18.1 Å². The number of aliphatic carboxylic acids is 1. The molecule has 3 rings (SSSR count). The minimum absolute atomic E-state index is 0.342. The molecular weight excluding hydrogens is 388 g/mol. The van der Waals surface area contributed by atoms with Crippen LogP contribution >= 0.6 is 0 Å². The van der Waals surface area contributed by atoms with Crippen LogP contribution in [-0.2, 0) is 24.2 Å². The molecule has 2 saturated heterocycles. The average molecular weight is 410 g/mol. The smallest absolute Gasteiger partial charge is 0.327 e. The molecule has 0 saturated carbocycles. The highest BCUT2D eigenvalue weighted by atomic mass is 32.2. The number of sulfone groups is 1. The summed E-state index contributed by atoms with van der Waals surface area (Å²) in [5.41, 5.74) is -0.572. The van der Waals surface area contributed by atoms with Crippen LogP contribution in [0.25, 0.3) is 0 Å². The molecule has 0 aliphatic carbocycles. The van der Waals surface area contributed by atoms with Crippen molar-refractivity contribution in [2.75, 3.05) is 25.2 Å². The van der Waals surface area contributed by atoms with Crippen molar-refractivity contribution in [1.82, 2.24) is 10.2 Å². The number of hydrogen-bond acceptors (Lipinski definition) is 7. The standard InChI is InChI=1S/C18H22N2O7S/c1-10-5-3-4-6-11(10)14-12-13(18(9-21,19-14)17(24)25)16(23)20(15(12)22)7-8-28(2,26)27/h3-6,12-14,19,21H,7-9H2,1-2H3,(H,24,25). The number of nitrogens with one attached hydrogen (secondary N) is 1. The predicted octanol–water partition coefficient (Wildman–Crippen LogP) is -0.899. The predicted molar refractivity (Wildman–Crippen MR) is 97.9 cm³/mol. The van der Waals surface area contributed by atoms with Gasteiger partial charge in [0.1, 0.15) is 9.84 Å². The molecule has 3 N–H and O–H groups in total. The molecule has 2 aliphatic rings. The number of carboxylic acid groups (broad SMARTS) is 1. The molecule has 28 heavy (non-hydrogen) atoms. The number of carboxylic acids is 1. The van der Waals surface area contributed by atoms with E-state index in [1.165, 1.54) is 0 Å². The maximum Gasteiger partial charge on any atom is 0.327 e. The summed E-state index contributed by atoms with van der Waals surface area (Å²) < 4.78 is 22.9. The SMILES string of the molecule is Cc1ccccc1C1NC(CO)(C(=O)O)C2C(=O)N(CCS(C)(=O)=O)C(=O)C12. The van der Waals surface area contributed by atoms with Gasteiger partial charge in [0, 0.05) is 18.8 Å². The summed E-state index contributed by atoms with van der Waals surface area (Å²) in [6, 6.07) is 6.27. The first-order chi connectivity index (χ1) is 13.0. The normalized spacial score (nSPS) is 30.0. The Hall–Kier alpha value is -2.30. The number of amides is 2. The van der Waals surface area contributed by atoms with Crippen LogP contribution in [-0.4, -0.2) is 72.0 Å². The molecule has 1 aromatic carbocycles. The van der Waals surface area contributed by atoms with Crippen LogP contribution in [0.15, 0.2) is 24.3 Å². The molecule has 4 atom stereocenters. The van der Waals surface area contributed by atoms with Crippen molar-refractivity contribution >= 4 is 27.6 Å². The van der Waals surface area contributed by atoms with E-state index < -0.39 is 63.4 Å². The number of carbonyl (C=O) groups excluding carboxylic acids is 2. The third-order valence-electron chi connectivity index (χ3n) is 5.59. The summed E-state index contributed by atoms with van der Waals surface area (Å²) in [6.07, 6.45) is 0.992. The van der Waals surface area contributed by atoms with Gasteiger partial charge in [-0.25, -0.2) is 8.42 Å². The zero-order chi connectivity index (χ0) is 20.9. The molecule has 0 spiro atoms. The first-order valence-electron chi connectivity index (χ1n) is 8.74. The zero-order valence-electron chi connectivity index (χ0n) is 15.5. The van der Waals surface area contributed by atoms with Crippen LogP contribution in [0.1, 0.15) is 17.2 Å². The molecule has 0 bridgehead atoms. The summed E-state index contributed by atoms with van der Waals surface area (Å²) in [6.45, 7) is 0.574. The Labute approximate surface area is 162 Å². The monoisotopic (exact) mass is 410 g/mol. The number of aliphatic hydroxyl groups excluding tert-OH is 1. The number of imide groups is 1. The minimum Gasteiger partial charge on any atom is -0.480 e. The summed E-state index contributed by atoms with van der Waals surface area (Å²) in [7, 11) is -3.43. The molecule has 10 heteroatoms. The molecule has 9 nitrogen and oxygen atoms in total.